The highest BCUT2D eigenvalue weighted by Crippen LogP contribution is 2.29. The molecule has 2 unspecified atom stereocenters. The van der Waals surface area contributed by atoms with Crippen LogP contribution < -0.4 is 5.32 Å². The van der Waals surface area contributed by atoms with E-state index in [2.05, 4.69) is 15.4 Å². The van der Waals surface area contributed by atoms with Crippen LogP contribution in [0.25, 0.3) is 10.6 Å². The number of aryl methyl sites for hydroxylation is 2. The van der Waals surface area contributed by atoms with Crippen molar-refractivity contribution in [2.75, 3.05) is 13.1 Å². The van der Waals surface area contributed by atoms with E-state index in [1.807, 2.05) is 25.1 Å². The number of thiazole rings is 1. The number of aromatic nitrogens is 3. The Balaban J connectivity index is 1.57. The highest BCUT2D eigenvalue weighted by atomic mass is 32.1. The van der Waals surface area contributed by atoms with Crippen LogP contribution in [0.3, 0.4) is 0 Å². The molecular weight excluding hydrogens is 310 g/mol. The molecule has 2 aliphatic heterocycles. The molecular formula is C16H21N5OS. The summed E-state index contributed by atoms with van der Waals surface area (Å²) in [6.45, 7) is 3.58. The molecule has 2 aromatic rings. The number of hydrogen-bond acceptors (Lipinski definition) is 5. The maximum absolute atomic E-state index is 12.9. The van der Waals surface area contributed by atoms with Crippen LogP contribution in [0, 0.1) is 6.92 Å². The fraction of sp³-hybridized carbons (Fsp3) is 0.562. The molecule has 6 nitrogen and oxygen atoms in total. The van der Waals surface area contributed by atoms with Crippen LogP contribution in [0.15, 0.2) is 12.4 Å². The summed E-state index contributed by atoms with van der Waals surface area (Å²) in [4.78, 5) is 20.3. The van der Waals surface area contributed by atoms with Gasteiger partial charge < -0.3 is 10.2 Å². The van der Waals surface area contributed by atoms with Gasteiger partial charge in [0.2, 0.25) is 0 Å². The summed E-state index contributed by atoms with van der Waals surface area (Å²) in [6, 6.07) is 1.05. The van der Waals surface area contributed by atoms with Gasteiger partial charge >= 0.3 is 0 Å². The van der Waals surface area contributed by atoms with E-state index in [4.69, 9.17) is 0 Å². The summed E-state index contributed by atoms with van der Waals surface area (Å²) in [7, 11) is 1.88. The Labute approximate surface area is 139 Å². The van der Waals surface area contributed by atoms with Crippen LogP contribution in [-0.4, -0.2) is 50.7 Å². The molecule has 122 valence electrons. The van der Waals surface area contributed by atoms with Gasteiger partial charge in [0.1, 0.15) is 9.88 Å². The Morgan fingerprint density at radius 1 is 1.35 bits per heavy atom. The van der Waals surface area contributed by atoms with Gasteiger partial charge in [0.15, 0.2) is 0 Å². The Morgan fingerprint density at radius 3 is 2.96 bits per heavy atom. The van der Waals surface area contributed by atoms with Gasteiger partial charge in [0.05, 0.1) is 11.9 Å². The smallest absolute Gasteiger partial charge is 0.265 e. The number of carbonyl (C=O) groups is 1. The number of nitrogens with zero attached hydrogens (tertiary/aromatic N) is 4. The van der Waals surface area contributed by atoms with Crippen LogP contribution in [0.5, 0.6) is 0 Å². The Hall–Kier alpha value is -1.73. The van der Waals surface area contributed by atoms with Gasteiger partial charge in [0.25, 0.3) is 5.91 Å². The molecule has 4 heterocycles. The topological polar surface area (TPSA) is 63.1 Å². The normalized spacial score (nSPS) is 24.0. The molecule has 0 saturated carbocycles. The largest absolute Gasteiger partial charge is 0.336 e. The summed E-state index contributed by atoms with van der Waals surface area (Å²) >= 11 is 1.48. The number of rotatable bonds is 2. The van der Waals surface area contributed by atoms with Crippen molar-refractivity contribution in [1.29, 1.82) is 0 Å². The third-order valence-corrected chi connectivity index (χ3v) is 5.95. The van der Waals surface area contributed by atoms with Gasteiger partial charge in [-0.05, 0) is 26.2 Å². The molecule has 0 radical (unpaired) electrons. The van der Waals surface area contributed by atoms with Crippen molar-refractivity contribution < 1.29 is 4.79 Å². The van der Waals surface area contributed by atoms with E-state index < -0.39 is 0 Å². The Morgan fingerprint density at radius 2 is 2.17 bits per heavy atom. The summed E-state index contributed by atoms with van der Waals surface area (Å²) in [6.07, 6.45) is 7.20. The minimum absolute atomic E-state index is 0.129. The van der Waals surface area contributed by atoms with E-state index in [0.29, 0.717) is 12.1 Å². The van der Waals surface area contributed by atoms with Gasteiger partial charge in [-0.2, -0.15) is 5.10 Å². The monoisotopic (exact) mass is 331 g/mol. The standard InChI is InChI=1S/C16H21N5OS/c1-10-14(23-15(18-10)11-7-17-20(2)8-11)16(22)21-6-5-12-3-4-13(9-21)19-12/h7-8,12-13,19H,3-6,9H2,1-2H3. The van der Waals surface area contributed by atoms with Gasteiger partial charge in [0, 0.05) is 44.0 Å². The second kappa shape index (κ2) is 5.72. The average molecular weight is 331 g/mol. The summed E-state index contributed by atoms with van der Waals surface area (Å²) < 4.78 is 1.75. The first-order valence-corrected chi connectivity index (χ1v) is 8.93. The number of hydrogen-bond donors (Lipinski definition) is 1. The maximum atomic E-state index is 12.9. The molecule has 0 aliphatic carbocycles. The van der Waals surface area contributed by atoms with E-state index in [-0.39, 0.29) is 5.91 Å². The maximum Gasteiger partial charge on any atom is 0.265 e. The lowest BCUT2D eigenvalue weighted by molar-refractivity contribution is 0.0752. The lowest BCUT2D eigenvalue weighted by atomic mass is 10.1. The highest BCUT2D eigenvalue weighted by molar-refractivity contribution is 7.17. The summed E-state index contributed by atoms with van der Waals surface area (Å²) in [5, 5.41) is 8.67. The van der Waals surface area contributed by atoms with Crippen molar-refractivity contribution in [2.45, 2.75) is 38.3 Å². The lowest BCUT2D eigenvalue weighted by Crippen LogP contribution is -2.39. The van der Waals surface area contributed by atoms with Gasteiger partial charge in [-0.1, -0.05) is 0 Å². The third kappa shape index (κ3) is 2.79. The molecule has 2 fully saturated rings. The fourth-order valence-electron chi connectivity index (χ4n) is 3.52. The quantitative estimate of drug-likeness (QED) is 0.912. The van der Waals surface area contributed by atoms with Gasteiger partial charge in [-0.3, -0.25) is 9.48 Å². The molecule has 2 aromatic heterocycles. The molecule has 2 aliphatic rings. The van der Waals surface area contributed by atoms with E-state index in [0.717, 1.165) is 40.7 Å². The molecule has 7 heteroatoms. The van der Waals surface area contributed by atoms with Crippen molar-refractivity contribution in [2.24, 2.45) is 7.05 Å². The van der Waals surface area contributed by atoms with E-state index in [1.54, 1.807) is 10.9 Å². The Bertz CT molecular complexity index is 737. The van der Waals surface area contributed by atoms with Gasteiger partial charge in [-0.25, -0.2) is 4.98 Å². The van der Waals surface area contributed by atoms with Gasteiger partial charge in [-0.15, -0.1) is 11.3 Å². The summed E-state index contributed by atoms with van der Waals surface area (Å²) in [5.74, 6) is 0.129. The van der Waals surface area contributed by atoms with Crippen molar-refractivity contribution >= 4 is 17.2 Å². The zero-order valence-corrected chi connectivity index (χ0v) is 14.3. The zero-order valence-electron chi connectivity index (χ0n) is 13.5. The van der Waals surface area contributed by atoms with Crippen LogP contribution in [-0.2, 0) is 7.05 Å². The second-order valence-corrected chi connectivity index (χ2v) is 7.51. The molecule has 4 rings (SSSR count). The van der Waals surface area contributed by atoms with Crippen molar-refractivity contribution in [1.82, 2.24) is 25.0 Å². The second-order valence-electron chi connectivity index (χ2n) is 6.51. The molecule has 23 heavy (non-hydrogen) atoms. The first-order chi connectivity index (χ1) is 11.1. The minimum atomic E-state index is 0.129. The average Bonchev–Trinajstić information content (AvgIpc) is 3.18. The fourth-order valence-corrected chi connectivity index (χ4v) is 4.53. The number of carbonyl (C=O) groups excluding carboxylic acids is 1. The number of fused-ring (bicyclic) bond motifs is 2. The van der Waals surface area contributed by atoms with Crippen molar-refractivity contribution in [3.63, 3.8) is 0 Å². The van der Waals surface area contributed by atoms with Crippen LogP contribution in [0.1, 0.15) is 34.6 Å². The predicted molar refractivity (Wildman–Crippen MR) is 89.5 cm³/mol. The lowest BCUT2D eigenvalue weighted by Gasteiger charge is -2.23. The number of nitrogens with one attached hydrogen (secondary N) is 1. The molecule has 2 atom stereocenters. The van der Waals surface area contributed by atoms with Crippen LogP contribution >= 0.6 is 11.3 Å². The Kier molecular flexibility index (Phi) is 3.69. The molecule has 1 N–H and O–H groups in total. The van der Waals surface area contributed by atoms with E-state index in [9.17, 15) is 4.79 Å². The minimum Gasteiger partial charge on any atom is -0.336 e. The van der Waals surface area contributed by atoms with Crippen molar-refractivity contribution in [3.05, 3.63) is 23.0 Å². The molecule has 1 amide bonds. The number of amides is 1. The predicted octanol–water partition coefficient (Wildman–Crippen LogP) is 1.82. The molecule has 0 spiro atoms. The first kappa shape index (κ1) is 14.8. The highest BCUT2D eigenvalue weighted by Gasteiger charge is 2.32. The van der Waals surface area contributed by atoms with Crippen molar-refractivity contribution in [3.8, 4) is 10.6 Å². The molecule has 2 bridgehead atoms. The van der Waals surface area contributed by atoms with Crippen LogP contribution in [0.2, 0.25) is 0 Å². The zero-order chi connectivity index (χ0) is 16.0. The van der Waals surface area contributed by atoms with E-state index in [1.165, 1.54) is 24.2 Å². The molecule has 0 aromatic carbocycles. The SMILES string of the molecule is Cc1nc(-c2cnn(C)c2)sc1C(=O)N1CCC2CCC(C1)N2. The van der Waals surface area contributed by atoms with Crippen LogP contribution in [0.4, 0.5) is 0 Å². The number of likely N-dealkylation sites (tertiary alicyclic amines) is 1. The molecule has 2 saturated heterocycles. The third-order valence-electron chi connectivity index (χ3n) is 4.75. The first-order valence-electron chi connectivity index (χ1n) is 8.12. The summed E-state index contributed by atoms with van der Waals surface area (Å²) in [5.41, 5.74) is 1.79. The van der Waals surface area contributed by atoms with E-state index >= 15 is 0 Å².